The highest BCUT2D eigenvalue weighted by Crippen LogP contribution is 2.24. The summed E-state index contributed by atoms with van der Waals surface area (Å²) in [5.41, 5.74) is -0.519. The van der Waals surface area contributed by atoms with Crippen LogP contribution in [0.1, 0.15) is 20.8 Å². The molecule has 6 nitrogen and oxygen atoms in total. The van der Waals surface area contributed by atoms with E-state index >= 15 is 0 Å². The number of ether oxygens (including phenoxy) is 1. The summed E-state index contributed by atoms with van der Waals surface area (Å²) in [5, 5.41) is 7.31. The number of primary sulfonamides is 1. The third-order valence-corrected chi connectivity index (χ3v) is 3.06. The van der Waals surface area contributed by atoms with Crippen LogP contribution in [0.2, 0.25) is 0 Å². The Hall–Kier alpha value is -1.74. The second-order valence-electron chi connectivity index (χ2n) is 5.35. The van der Waals surface area contributed by atoms with Crippen LogP contribution in [-0.4, -0.2) is 26.5 Å². The predicted octanol–water partition coefficient (Wildman–Crippen LogP) is 0.906. The molecule has 0 heterocycles. The normalized spacial score (nSPS) is 12.1. The fraction of sp³-hybridized carbons (Fsp3) is 0.417. The van der Waals surface area contributed by atoms with Crippen LogP contribution in [0.4, 0.5) is 8.78 Å². The molecule has 1 aromatic carbocycles. The Morgan fingerprint density at radius 1 is 1.29 bits per heavy atom. The van der Waals surface area contributed by atoms with E-state index in [9.17, 15) is 22.0 Å². The van der Waals surface area contributed by atoms with Gasteiger partial charge in [-0.3, -0.25) is 4.79 Å². The van der Waals surface area contributed by atoms with Gasteiger partial charge in [0.1, 0.15) is 0 Å². The Morgan fingerprint density at radius 2 is 1.76 bits per heavy atom. The van der Waals surface area contributed by atoms with Crippen LogP contribution < -0.4 is 15.2 Å². The summed E-state index contributed by atoms with van der Waals surface area (Å²) in [4.78, 5) is 10.8. The average molecular weight is 322 g/mol. The van der Waals surface area contributed by atoms with Crippen molar-refractivity contribution in [3.8, 4) is 5.75 Å². The summed E-state index contributed by atoms with van der Waals surface area (Å²) in [7, 11) is -4.23. The smallest absolute Gasteiger partial charge is 0.258 e. The van der Waals surface area contributed by atoms with Crippen molar-refractivity contribution in [3.63, 3.8) is 0 Å². The second-order valence-corrected chi connectivity index (χ2v) is 6.91. The van der Waals surface area contributed by atoms with Gasteiger partial charge in [0.2, 0.25) is 10.0 Å². The van der Waals surface area contributed by atoms with Crippen LogP contribution in [-0.2, 0) is 14.8 Å². The van der Waals surface area contributed by atoms with Gasteiger partial charge in [0.25, 0.3) is 5.91 Å². The number of nitrogens with two attached hydrogens (primary N) is 1. The summed E-state index contributed by atoms with van der Waals surface area (Å²) in [6.07, 6.45) is 0. The van der Waals surface area contributed by atoms with E-state index in [4.69, 9.17) is 9.88 Å². The van der Waals surface area contributed by atoms with Crippen molar-refractivity contribution in [2.45, 2.75) is 31.2 Å². The van der Waals surface area contributed by atoms with Crippen LogP contribution >= 0.6 is 0 Å². The minimum Gasteiger partial charge on any atom is -0.478 e. The van der Waals surface area contributed by atoms with Gasteiger partial charge in [-0.1, -0.05) is 0 Å². The van der Waals surface area contributed by atoms with E-state index in [1.807, 2.05) is 0 Å². The van der Waals surface area contributed by atoms with E-state index < -0.39 is 50.4 Å². The predicted molar refractivity (Wildman–Crippen MR) is 71.1 cm³/mol. The molecule has 9 heteroatoms. The number of rotatable bonds is 4. The van der Waals surface area contributed by atoms with Crippen LogP contribution in [0.25, 0.3) is 0 Å². The quantitative estimate of drug-likeness (QED) is 0.860. The van der Waals surface area contributed by atoms with Gasteiger partial charge in [0.15, 0.2) is 24.0 Å². The molecule has 0 bridgehead atoms. The van der Waals surface area contributed by atoms with Gasteiger partial charge in [-0.25, -0.2) is 22.3 Å². The Labute approximate surface area is 121 Å². The van der Waals surface area contributed by atoms with Gasteiger partial charge in [0.05, 0.1) is 4.90 Å². The lowest BCUT2D eigenvalue weighted by Crippen LogP contribution is -2.43. The van der Waals surface area contributed by atoms with Gasteiger partial charge >= 0.3 is 0 Å². The topological polar surface area (TPSA) is 98.5 Å². The first-order chi connectivity index (χ1) is 9.40. The van der Waals surface area contributed by atoms with Crippen molar-refractivity contribution in [1.29, 1.82) is 0 Å². The van der Waals surface area contributed by atoms with Crippen molar-refractivity contribution >= 4 is 15.9 Å². The molecular weight excluding hydrogens is 306 g/mol. The molecule has 0 aliphatic heterocycles. The van der Waals surface area contributed by atoms with E-state index in [1.54, 1.807) is 20.8 Å². The van der Waals surface area contributed by atoms with Gasteiger partial charge in [-0.15, -0.1) is 0 Å². The Kier molecular flexibility index (Phi) is 4.90. The molecule has 0 aliphatic rings. The maximum Gasteiger partial charge on any atom is 0.258 e. The molecule has 0 atom stereocenters. The highest BCUT2D eigenvalue weighted by Gasteiger charge is 2.20. The number of carbonyl (C=O) groups excluding carboxylic acids is 1. The van der Waals surface area contributed by atoms with Gasteiger partial charge in [-0.2, -0.15) is 0 Å². The summed E-state index contributed by atoms with van der Waals surface area (Å²) < 4.78 is 54.0. The van der Waals surface area contributed by atoms with Crippen molar-refractivity contribution in [3.05, 3.63) is 23.8 Å². The van der Waals surface area contributed by atoms with E-state index in [1.165, 1.54) is 0 Å². The minimum atomic E-state index is -4.23. The molecule has 3 N–H and O–H groups in total. The lowest BCUT2D eigenvalue weighted by atomic mass is 10.1. The number of hydrogen-bond donors (Lipinski definition) is 2. The molecule has 0 saturated carbocycles. The first-order valence-electron chi connectivity index (χ1n) is 5.86. The molecular formula is C12H16F2N2O4S. The molecule has 1 rings (SSSR count). The fourth-order valence-electron chi connectivity index (χ4n) is 1.43. The third kappa shape index (κ3) is 5.27. The number of benzene rings is 1. The van der Waals surface area contributed by atoms with Crippen molar-refractivity contribution in [2.24, 2.45) is 5.14 Å². The first kappa shape index (κ1) is 17.3. The highest BCUT2D eigenvalue weighted by molar-refractivity contribution is 7.89. The fourth-order valence-corrected chi connectivity index (χ4v) is 1.97. The Bertz CT molecular complexity index is 631. The van der Waals surface area contributed by atoms with Crippen molar-refractivity contribution < 1.29 is 26.7 Å². The molecule has 0 unspecified atom stereocenters. The van der Waals surface area contributed by atoms with Crippen LogP contribution in [0.15, 0.2) is 17.0 Å². The summed E-state index contributed by atoms with van der Waals surface area (Å²) in [6, 6.07) is 1.05. The maximum atomic E-state index is 13.6. The number of hydrogen-bond acceptors (Lipinski definition) is 4. The SMILES string of the molecule is CC(C)(C)NC(=O)COc1c(F)cc(S(N)(=O)=O)cc1F. The number of nitrogens with one attached hydrogen (secondary N) is 1. The molecule has 0 spiro atoms. The third-order valence-electron chi connectivity index (χ3n) is 2.16. The number of carbonyl (C=O) groups is 1. The second kappa shape index (κ2) is 5.94. The molecule has 118 valence electrons. The first-order valence-corrected chi connectivity index (χ1v) is 7.40. The zero-order valence-electron chi connectivity index (χ0n) is 11.7. The molecule has 0 aromatic heterocycles. The largest absolute Gasteiger partial charge is 0.478 e. The van der Waals surface area contributed by atoms with E-state index in [2.05, 4.69) is 5.32 Å². The summed E-state index contributed by atoms with van der Waals surface area (Å²) in [6.45, 7) is 4.58. The van der Waals surface area contributed by atoms with Gasteiger partial charge in [-0.05, 0) is 32.9 Å². The van der Waals surface area contributed by atoms with E-state index in [-0.39, 0.29) is 0 Å². The van der Waals surface area contributed by atoms with Crippen molar-refractivity contribution in [2.75, 3.05) is 6.61 Å². The monoisotopic (exact) mass is 322 g/mol. The molecule has 0 aliphatic carbocycles. The number of halogens is 2. The minimum absolute atomic E-state index is 0.519. The number of sulfonamides is 1. The standard InChI is InChI=1S/C12H16F2N2O4S/c1-12(2,3)16-10(17)6-20-11-8(13)4-7(5-9(11)14)21(15,18)19/h4-5H,6H2,1-3H3,(H,16,17)(H2,15,18,19). The molecule has 0 saturated heterocycles. The number of amides is 1. The van der Waals surface area contributed by atoms with Crippen LogP contribution in [0.5, 0.6) is 5.75 Å². The van der Waals surface area contributed by atoms with Gasteiger partial charge in [0, 0.05) is 5.54 Å². The van der Waals surface area contributed by atoms with E-state index in [0.717, 1.165) is 0 Å². The van der Waals surface area contributed by atoms with Gasteiger partial charge < -0.3 is 10.1 Å². The summed E-state index contributed by atoms with van der Waals surface area (Å²) >= 11 is 0. The van der Waals surface area contributed by atoms with Crippen LogP contribution in [0, 0.1) is 11.6 Å². The molecule has 0 radical (unpaired) electrons. The molecule has 1 amide bonds. The highest BCUT2D eigenvalue weighted by atomic mass is 32.2. The van der Waals surface area contributed by atoms with Crippen molar-refractivity contribution in [1.82, 2.24) is 5.32 Å². The molecule has 21 heavy (non-hydrogen) atoms. The van der Waals surface area contributed by atoms with Crippen LogP contribution in [0.3, 0.4) is 0 Å². The molecule has 1 aromatic rings. The lowest BCUT2D eigenvalue weighted by Gasteiger charge is -2.20. The lowest BCUT2D eigenvalue weighted by molar-refractivity contribution is -0.124. The average Bonchev–Trinajstić information content (AvgIpc) is 2.23. The summed E-state index contributed by atoms with van der Waals surface area (Å²) in [5.74, 6) is -3.94. The maximum absolute atomic E-state index is 13.6. The zero-order chi connectivity index (χ0) is 16.4. The Morgan fingerprint density at radius 3 is 2.14 bits per heavy atom. The zero-order valence-corrected chi connectivity index (χ0v) is 12.6. The molecule has 0 fully saturated rings. The van der Waals surface area contributed by atoms with E-state index in [0.29, 0.717) is 12.1 Å². The Balaban J connectivity index is 2.89.